The number of nitro groups is 1. The van der Waals surface area contributed by atoms with Crippen molar-refractivity contribution >= 4 is 17.2 Å². The molecule has 0 aliphatic heterocycles. The number of furan rings is 1. The van der Waals surface area contributed by atoms with Gasteiger partial charge in [-0.25, -0.2) is 4.98 Å². The molecule has 0 spiro atoms. The van der Waals surface area contributed by atoms with Crippen molar-refractivity contribution in [3.8, 4) is 0 Å². The molecular weight excluding hydrogens is 352 g/mol. The Balaban J connectivity index is 1.85. The standard InChI is InChI=1S/C18H18N4O5/c1-18(24,15-4-3-9-27-15)11-20-13-6-5-12(10-14(13)22(25)26)16(23)17-19-7-8-21(17)2/h3-10,20,24H,11H2,1-2H3. The van der Waals surface area contributed by atoms with E-state index in [2.05, 4.69) is 10.3 Å². The largest absolute Gasteiger partial charge is 0.466 e. The molecule has 0 bridgehead atoms. The Kier molecular flexibility index (Phi) is 4.78. The highest BCUT2D eigenvalue weighted by Gasteiger charge is 2.28. The van der Waals surface area contributed by atoms with Gasteiger partial charge in [0.05, 0.1) is 17.7 Å². The number of carbonyl (C=O) groups excluding carboxylic acids is 1. The maximum absolute atomic E-state index is 12.5. The summed E-state index contributed by atoms with van der Waals surface area (Å²) in [5, 5.41) is 24.8. The van der Waals surface area contributed by atoms with Gasteiger partial charge in [-0.15, -0.1) is 0 Å². The summed E-state index contributed by atoms with van der Waals surface area (Å²) in [5.74, 6) is 0.102. The Hall–Kier alpha value is -3.46. The Morgan fingerprint density at radius 3 is 2.81 bits per heavy atom. The number of nitrogens with zero attached hydrogens (tertiary/aromatic N) is 3. The number of benzene rings is 1. The van der Waals surface area contributed by atoms with Gasteiger partial charge in [-0.05, 0) is 31.2 Å². The van der Waals surface area contributed by atoms with Crippen molar-refractivity contribution < 1.29 is 19.2 Å². The first-order chi connectivity index (χ1) is 12.8. The van der Waals surface area contributed by atoms with Crippen LogP contribution in [0.3, 0.4) is 0 Å². The maximum atomic E-state index is 12.5. The van der Waals surface area contributed by atoms with E-state index in [4.69, 9.17) is 4.42 Å². The third kappa shape index (κ3) is 3.72. The van der Waals surface area contributed by atoms with Crippen molar-refractivity contribution in [1.82, 2.24) is 9.55 Å². The van der Waals surface area contributed by atoms with Crippen molar-refractivity contribution in [2.24, 2.45) is 7.05 Å². The molecule has 0 aliphatic rings. The topological polar surface area (TPSA) is 123 Å². The SMILES string of the molecule is Cn1ccnc1C(=O)c1ccc(NCC(C)(O)c2ccco2)c([N+](=O)[O-])c1. The van der Waals surface area contributed by atoms with Gasteiger partial charge in [0.25, 0.3) is 5.69 Å². The number of imidazole rings is 1. The van der Waals surface area contributed by atoms with Gasteiger partial charge in [-0.1, -0.05) is 0 Å². The van der Waals surface area contributed by atoms with Crippen LogP contribution < -0.4 is 5.32 Å². The van der Waals surface area contributed by atoms with Crippen molar-refractivity contribution in [1.29, 1.82) is 0 Å². The lowest BCUT2D eigenvalue weighted by Gasteiger charge is -2.21. The smallest absolute Gasteiger partial charge is 0.293 e. The number of carbonyl (C=O) groups is 1. The van der Waals surface area contributed by atoms with E-state index < -0.39 is 16.3 Å². The summed E-state index contributed by atoms with van der Waals surface area (Å²) in [7, 11) is 1.67. The van der Waals surface area contributed by atoms with Crippen LogP contribution in [0.5, 0.6) is 0 Å². The molecule has 1 aromatic carbocycles. The normalized spacial score (nSPS) is 13.1. The second-order valence-electron chi connectivity index (χ2n) is 6.28. The van der Waals surface area contributed by atoms with Crippen LogP contribution in [0.15, 0.2) is 53.4 Å². The van der Waals surface area contributed by atoms with Crippen LogP contribution in [0, 0.1) is 10.1 Å². The van der Waals surface area contributed by atoms with E-state index in [0.29, 0.717) is 5.76 Å². The second-order valence-corrected chi connectivity index (χ2v) is 6.28. The molecule has 2 N–H and O–H groups in total. The van der Waals surface area contributed by atoms with E-state index in [-0.39, 0.29) is 29.3 Å². The molecule has 140 valence electrons. The molecule has 0 saturated heterocycles. The number of hydrogen-bond acceptors (Lipinski definition) is 7. The highest BCUT2D eigenvalue weighted by atomic mass is 16.6. The van der Waals surface area contributed by atoms with E-state index in [1.807, 2.05) is 0 Å². The highest BCUT2D eigenvalue weighted by Crippen LogP contribution is 2.29. The first kappa shape index (κ1) is 18.3. The van der Waals surface area contributed by atoms with Crippen molar-refractivity contribution in [3.05, 3.63) is 76.3 Å². The van der Waals surface area contributed by atoms with Crippen LogP contribution >= 0.6 is 0 Å². The van der Waals surface area contributed by atoms with E-state index in [1.54, 1.807) is 29.9 Å². The molecule has 3 rings (SSSR count). The average Bonchev–Trinajstić information content (AvgIpc) is 3.31. The van der Waals surface area contributed by atoms with Gasteiger partial charge in [0.15, 0.2) is 5.82 Å². The van der Waals surface area contributed by atoms with Crippen molar-refractivity contribution in [3.63, 3.8) is 0 Å². The van der Waals surface area contributed by atoms with Gasteiger partial charge in [0, 0.05) is 31.1 Å². The van der Waals surface area contributed by atoms with Crippen LogP contribution in [0.25, 0.3) is 0 Å². The minimum absolute atomic E-state index is 0.0198. The van der Waals surface area contributed by atoms with Crippen LogP contribution in [0.4, 0.5) is 11.4 Å². The molecule has 0 aliphatic carbocycles. The number of nitro benzene ring substituents is 1. The van der Waals surface area contributed by atoms with E-state index in [1.165, 1.54) is 37.6 Å². The third-order valence-corrected chi connectivity index (χ3v) is 4.16. The zero-order valence-electron chi connectivity index (χ0n) is 14.7. The quantitative estimate of drug-likeness (QED) is 0.372. The first-order valence-corrected chi connectivity index (χ1v) is 8.10. The average molecular weight is 370 g/mol. The van der Waals surface area contributed by atoms with E-state index in [9.17, 15) is 20.0 Å². The van der Waals surface area contributed by atoms with Crippen molar-refractivity contribution in [2.45, 2.75) is 12.5 Å². The second kappa shape index (κ2) is 7.04. The Labute approximate surface area is 154 Å². The number of aryl methyl sites for hydroxylation is 1. The van der Waals surface area contributed by atoms with Gasteiger partial charge in [-0.3, -0.25) is 14.9 Å². The molecule has 9 heteroatoms. The molecule has 0 radical (unpaired) electrons. The third-order valence-electron chi connectivity index (χ3n) is 4.16. The number of aromatic nitrogens is 2. The summed E-state index contributed by atoms with van der Waals surface area (Å²) < 4.78 is 6.73. The van der Waals surface area contributed by atoms with E-state index >= 15 is 0 Å². The Morgan fingerprint density at radius 2 is 2.22 bits per heavy atom. The fraction of sp³-hybridized carbons (Fsp3) is 0.222. The molecule has 1 unspecified atom stereocenters. The maximum Gasteiger partial charge on any atom is 0.293 e. The molecule has 0 saturated carbocycles. The van der Waals surface area contributed by atoms with Crippen LogP contribution in [-0.4, -0.2) is 31.9 Å². The lowest BCUT2D eigenvalue weighted by atomic mass is 10.0. The number of anilines is 1. The minimum Gasteiger partial charge on any atom is -0.466 e. The summed E-state index contributed by atoms with van der Waals surface area (Å²) >= 11 is 0. The van der Waals surface area contributed by atoms with Gasteiger partial charge >= 0.3 is 0 Å². The Morgan fingerprint density at radius 1 is 1.44 bits per heavy atom. The lowest BCUT2D eigenvalue weighted by molar-refractivity contribution is -0.384. The predicted octanol–water partition coefficient (Wildman–Crippen LogP) is 2.47. The minimum atomic E-state index is -1.36. The molecule has 2 aromatic heterocycles. The summed E-state index contributed by atoms with van der Waals surface area (Å²) in [6.45, 7) is 1.51. The van der Waals surface area contributed by atoms with Crippen LogP contribution in [-0.2, 0) is 12.6 Å². The number of hydrogen-bond donors (Lipinski definition) is 2. The fourth-order valence-corrected chi connectivity index (χ4v) is 2.63. The number of nitrogens with one attached hydrogen (secondary N) is 1. The molecule has 0 amide bonds. The molecule has 1 atom stereocenters. The summed E-state index contributed by atoms with van der Waals surface area (Å²) in [4.78, 5) is 27.4. The summed E-state index contributed by atoms with van der Waals surface area (Å²) in [5.41, 5.74) is -1.30. The molecule has 0 fully saturated rings. The lowest BCUT2D eigenvalue weighted by Crippen LogP contribution is -2.30. The van der Waals surface area contributed by atoms with Crippen LogP contribution in [0.2, 0.25) is 0 Å². The van der Waals surface area contributed by atoms with Gasteiger partial charge < -0.3 is 19.4 Å². The number of rotatable bonds is 7. The zero-order valence-corrected chi connectivity index (χ0v) is 14.7. The number of ketones is 1. The highest BCUT2D eigenvalue weighted by molar-refractivity contribution is 6.07. The fourth-order valence-electron chi connectivity index (χ4n) is 2.63. The molecule has 27 heavy (non-hydrogen) atoms. The summed E-state index contributed by atoms with van der Waals surface area (Å²) in [6.07, 6.45) is 4.53. The van der Waals surface area contributed by atoms with Crippen LogP contribution in [0.1, 0.15) is 28.9 Å². The number of aliphatic hydroxyl groups is 1. The van der Waals surface area contributed by atoms with Gasteiger partial charge in [0.2, 0.25) is 5.78 Å². The summed E-state index contributed by atoms with van der Waals surface area (Å²) in [6, 6.07) is 7.37. The Bertz CT molecular complexity index is 976. The molecule has 2 heterocycles. The zero-order chi connectivity index (χ0) is 19.6. The molecule has 3 aromatic rings. The monoisotopic (exact) mass is 370 g/mol. The molecular formula is C18H18N4O5. The van der Waals surface area contributed by atoms with Gasteiger partial charge in [0.1, 0.15) is 17.0 Å². The predicted molar refractivity (Wildman–Crippen MR) is 96.5 cm³/mol. The van der Waals surface area contributed by atoms with Gasteiger partial charge in [-0.2, -0.15) is 0 Å². The first-order valence-electron chi connectivity index (χ1n) is 8.10. The molecule has 9 nitrogen and oxygen atoms in total. The van der Waals surface area contributed by atoms with Crippen molar-refractivity contribution in [2.75, 3.05) is 11.9 Å². The van der Waals surface area contributed by atoms with E-state index in [0.717, 1.165) is 0 Å².